The summed E-state index contributed by atoms with van der Waals surface area (Å²) < 4.78 is 11.2. The van der Waals surface area contributed by atoms with Gasteiger partial charge in [0.2, 0.25) is 5.91 Å². The molecule has 0 unspecified atom stereocenters. The molecule has 2 fully saturated rings. The Bertz CT molecular complexity index is 748. The second-order valence-corrected chi connectivity index (χ2v) is 7.83. The third kappa shape index (κ3) is 3.87. The number of urea groups is 1. The van der Waals surface area contributed by atoms with Gasteiger partial charge in [-0.15, -0.1) is 0 Å². The SMILES string of the molecule is CN1CCC(N(C)C(=O)N[C@H]2CC(=O)N(c3ccc4c(c3)OCCO4)C2)CC1. The molecule has 8 heteroatoms. The van der Waals surface area contributed by atoms with Crippen LogP contribution in [0.15, 0.2) is 18.2 Å². The number of carbonyl (C=O) groups is 2. The molecular weight excluding hydrogens is 360 g/mol. The molecule has 0 saturated carbocycles. The maximum atomic E-state index is 12.7. The van der Waals surface area contributed by atoms with Crippen molar-refractivity contribution in [1.82, 2.24) is 15.1 Å². The summed E-state index contributed by atoms with van der Waals surface area (Å²) in [7, 11) is 3.95. The number of hydrogen-bond donors (Lipinski definition) is 1. The van der Waals surface area contributed by atoms with Crippen LogP contribution in [0.3, 0.4) is 0 Å². The van der Waals surface area contributed by atoms with Crippen molar-refractivity contribution in [1.29, 1.82) is 0 Å². The van der Waals surface area contributed by atoms with E-state index in [4.69, 9.17) is 9.47 Å². The van der Waals surface area contributed by atoms with Gasteiger partial charge < -0.3 is 29.5 Å². The number of nitrogens with zero attached hydrogens (tertiary/aromatic N) is 3. The van der Waals surface area contributed by atoms with E-state index in [1.165, 1.54) is 0 Å². The topological polar surface area (TPSA) is 74.4 Å². The molecule has 28 heavy (non-hydrogen) atoms. The third-order valence-electron chi connectivity index (χ3n) is 5.85. The van der Waals surface area contributed by atoms with Crippen molar-refractivity contribution in [2.75, 3.05) is 51.8 Å². The summed E-state index contributed by atoms with van der Waals surface area (Å²) in [6, 6.07) is 5.48. The first-order valence-corrected chi connectivity index (χ1v) is 9.93. The number of likely N-dealkylation sites (tertiary alicyclic amines) is 1. The van der Waals surface area contributed by atoms with Crippen LogP contribution in [0.4, 0.5) is 10.5 Å². The first-order valence-electron chi connectivity index (χ1n) is 9.93. The van der Waals surface area contributed by atoms with Crippen LogP contribution in [0.25, 0.3) is 0 Å². The molecule has 152 valence electrons. The van der Waals surface area contributed by atoms with Crippen LogP contribution in [0.5, 0.6) is 11.5 Å². The minimum Gasteiger partial charge on any atom is -0.486 e. The number of nitrogens with one attached hydrogen (secondary N) is 1. The fourth-order valence-electron chi connectivity index (χ4n) is 4.08. The van der Waals surface area contributed by atoms with Crippen molar-refractivity contribution in [2.24, 2.45) is 0 Å². The molecule has 4 rings (SSSR count). The highest BCUT2D eigenvalue weighted by atomic mass is 16.6. The largest absolute Gasteiger partial charge is 0.486 e. The van der Waals surface area contributed by atoms with Gasteiger partial charge in [-0.05, 0) is 45.1 Å². The molecule has 0 aromatic heterocycles. The lowest BCUT2D eigenvalue weighted by atomic mass is 10.0. The van der Waals surface area contributed by atoms with Crippen LogP contribution < -0.4 is 19.7 Å². The van der Waals surface area contributed by atoms with Gasteiger partial charge in [0.05, 0.1) is 6.04 Å². The summed E-state index contributed by atoms with van der Waals surface area (Å²) in [6.07, 6.45) is 2.27. The smallest absolute Gasteiger partial charge is 0.317 e. The first kappa shape index (κ1) is 18.9. The fraction of sp³-hybridized carbons (Fsp3) is 0.600. The normalized spacial score (nSPS) is 23.0. The first-order chi connectivity index (χ1) is 13.5. The zero-order chi connectivity index (χ0) is 19.7. The highest BCUT2D eigenvalue weighted by Gasteiger charge is 2.34. The third-order valence-corrected chi connectivity index (χ3v) is 5.85. The molecule has 1 N–H and O–H groups in total. The van der Waals surface area contributed by atoms with Crippen molar-refractivity contribution < 1.29 is 19.1 Å². The molecule has 0 aliphatic carbocycles. The molecule has 3 amide bonds. The Morgan fingerprint density at radius 3 is 2.64 bits per heavy atom. The minimum atomic E-state index is -0.193. The molecule has 1 aromatic rings. The summed E-state index contributed by atoms with van der Waals surface area (Å²) in [6.45, 7) is 3.51. The molecule has 0 bridgehead atoms. The van der Waals surface area contributed by atoms with Crippen molar-refractivity contribution in [3.63, 3.8) is 0 Å². The highest BCUT2D eigenvalue weighted by Crippen LogP contribution is 2.35. The predicted octanol–water partition coefficient (Wildman–Crippen LogP) is 1.30. The summed E-state index contributed by atoms with van der Waals surface area (Å²) in [5.41, 5.74) is 0.773. The van der Waals surface area contributed by atoms with E-state index in [0.29, 0.717) is 37.7 Å². The molecular formula is C20H28N4O4. The van der Waals surface area contributed by atoms with Crippen molar-refractivity contribution >= 4 is 17.6 Å². The maximum Gasteiger partial charge on any atom is 0.317 e. The Morgan fingerprint density at radius 2 is 1.89 bits per heavy atom. The molecule has 0 radical (unpaired) electrons. The zero-order valence-corrected chi connectivity index (χ0v) is 16.5. The molecule has 1 aromatic carbocycles. The average Bonchev–Trinajstić information content (AvgIpc) is 3.07. The standard InChI is InChI=1S/C20H28N4O4/c1-22-7-5-15(6-8-22)23(2)20(26)21-14-11-19(25)24(13-14)16-3-4-17-18(12-16)28-10-9-27-17/h3-4,12,14-15H,5-11,13H2,1-2H3,(H,21,26)/t14-/m0/s1. The highest BCUT2D eigenvalue weighted by molar-refractivity contribution is 5.97. The summed E-state index contributed by atoms with van der Waals surface area (Å²) >= 11 is 0. The lowest BCUT2D eigenvalue weighted by Gasteiger charge is -2.35. The summed E-state index contributed by atoms with van der Waals surface area (Å²) in [5, 5.41) is 3.03. The van der Waals surface area contributed by atoms with E-state index < -0.39 is 0 Å². The van der Waals surface area contributed by atoms with Crippen molar-refractivity contribution in [3.8, 4) is 11.5 Å². The van der Waals surface area contributed by atoms with E-state index in [9.17, 15) is 9.59 Å². The van der Waals surface area contributed by atoms with Gasteiger partial charge in [-0.2, -0.15) is 0 Å². The van der Waals surface area contributed by atoms with Crippen LogP contribution in [0.1, 0.15) is 19.3 Å². The molecule has 8 nitrogen and oxygen atoms in total. The maximum absolute atomic E-state index is 12.7. The minimum absolute atomic E-state index is 0.00363. The predicted molar refractivity (Wildman–Crippen MR) is 105 cm³/mol. The second-order valence-electron chi connectivity index (χ2n) is 7.83. The summed E-state index contributed by atoms with van der Waals surface area (Å²) in [5.74, 6) is 1.36. The van der Waals surface area contributed by atoms with Gasteiger partial charge in [-0.1, -0.05) is 0 Å². The number of amides is 3. The van der Waals surface area contributed by atoms with Gasteiger partial charge in [-0.25, -0.2) is 4.79 Å². The van der Waals surface area contributed by atoms with E-state index in [1.807, 2.05) is 25.2 Å². The van der Waals surface area contributed by atoms with Crippen LogP contribution in [-0.4, -0.2) is 80.8 Å². The van der Waals surface area contributed by atoms with Crippen molar-refractivity contribution in [3.05, 3.63) is 18.2 Å². The van der Waals surface area contributed by atoms with E-state index >= 15 is 0 Å². The van der Waals surface area contributed by atoms with Gasteiger partial charge in [-0.3, -0.25) is 4.79 Å². The molecule has 3 aliphatic rings. The second kappa shape index (κ2) is 7.87. The quantitative estimate of drug-likeness (QED) is 0.845. The van der Waals surface area contributed by atoms with Gasteiger partial charge >= 0.3 is 6.03 Å². The molecule has 3 aliphatic heterocycles. The molecule has 0 spiro atoms. The van der Waals surface area contributed by atoms with Gasteiger partial charge in [0.1, 0.15) is 13.2 Å². The van der Waals surface area contributed by atoms with Crippen molar-refractivity contribution in [2.45, 2.75) is 31.3 Å². The number of piperidine rings is 1. The van der Waals surface area contributed by atoms with E-state index in [1.54, 1.807) is 9.80 Å². The number of hydrogen-bond acceptors (Lipinski definition) is 5. The van der Waals surface area contributed by atoms with Gasteiger partial charge in [0, 0.05) is 37.8 Å². The summed E-state index contributed by atoms with van der Waals surface area (Å²) in [4.78, 5) is 31.0. The van der Waals surface area contributed by atoms with Crippen LogP contribution in [0.2, 0.25) is 0 Å². The Kier molecular flexibility index (Phi) is 5.30. The number of ether oxygens (including phenoxy) is 2. The Morgan fingerprint density at radius 1 is 1.18 bits per heavy atom. The van der Waals surface area contributed by atoms with Gasteiger partial charge in [0.25, 0.3) is 0 Å². The monoisotopic (exact) mass is 388 g/mol. The Labute approximate surface area is 165 Å². The van der Waals surface area contributed by atoms with Gasteiger partial charge in [0.15, 0.2) is 11.5 Å². The molecule has 3 heterocycles. The van der Waals surface area contributed by atoms with E-state index in [2.05, 4.69) is 17.3 Å². The van der Waals surface area contributed by atoms with E-state index in [0.717, 1.165) is 31.6 Å². The number of fused-ring (bicyclic) bond motifs is 1. The average molecular weight is 388 g/mol. The zero-order valence-electron chi connectivity index (χ0n) is 16.5. The van der Waals surface area contributed by atoms with E-state index in [-0.39, 0.29) is 24.0 Å². The van der Waals surface area contributed by atoms with Crippen LogP contribution >= 0.6 is 0 Å². The van der Waals surface area contributed by atoms with Crippen LogP contribution in [-0.2, 0) is 4.79 Å². The lowest BCUT2D eigenvalue weighted by molar-refractivity contribution is -0.117. The fourth-order valence-corrected chi connectivity index (χ4v) is 4.08. The molecule has 2 saturated heterocycles. The Balaban J connectivity index is 1.36. The number of benzene rings is 1. The Hall–Kier alpha value is -2.48. The molecule has 1 atom stereocenters. The van der Waals surface area contributed by atoms with Crippen LogP contribution in [0, 0.1) is 0 Å². The number of carbonyl (C=O) groups excluding carboxylic acids is 2. The number of anilines is 1. The lowest BCUT2D eigenvalue weighted by Crippen LogP contribution is -2.50. The number of rotatable bonds is 3.